The maximum absolute atomic E-state index is 12.6. The maximum atomic E-state index is 12.6. The zero-order valence-corrected chi connectivity index (χ0v) is 16.9. The highest BCUT2D eigenvalue weighted by atomic mass is 16.5. The molecule has 28 heavy (non-hydrogen) atoms. The molecule has 3 rings (SSSR count). The average Bonchev–Trinajstić information content (AvgIpc) is 3.09. The fourth-order valence-corrected chi connectivity index (χ4v) is 3.29. The summed E-state index contributed by atoms with van der Waals surface area (Å²) < 4.78 is 7.23. The molecule has 0 atom stereocenters. The van der Waals surface area contributed by atoms with E-state index < -0.39 is 0 Å². The molecule has 0 aliphatic heterocycles. The van der Waals surface area contributed by atoms with Crippen LogP contribution in [-0.2, 0) is 17.7 Å². The summed E-state index contributed by atoms with van der Waals surface area (Å²) in [5.74, 6) is 0.408. The van der Waals surface area contributed by atoms with Crippen LogP contribution in [0.5, 0.6) is 0 Å². The van der Waals surface area contributed by atoms with Gasteiger partial charge in [0.05, 0.1) is 6.33 Å². The van der Waals surface area contributed by atoms with Crippen LogP contribution in [0.1, 0.15) is 44.2 Å². The summed E-state index contributed by atoms with van der Waals surface area (Å²) in [5.41, 5.74) is 4.23. The highest BCUT2D eigenvalue weighted by molar-refractivity contribution is 5.71. The van der Waals surface area contributed by atoms with Gasteiger partial charge in [-0.15, -0.1) is 0 Å². The van der Waals surface area contributed by atoms with Crippen LogP contribution in [0.3, 0.4) is 0 Å². The molecule has 0 aliphatic rings. The largest absolute Gasteiger partial charge is 0.382 e. The number of imidazole rings is 1. The number of aromatic amines is 1. The van der Waals surface area contributed by atoms with Gasteiger partial charge in [0.25, 0.3) is 5.56 Å². The number of aryl methyl sites for hydroxylation is 3. The van der Waals surface area contributed by atoms with Gasteiger partial charge in [0.2, 0.25) is 5.95 Å². The average molecular weight is 383 g/mol. The lowest BCUT2D eigenvalue weighted by Gasteiger charge is -2.09. The summed E-state index contributed by atoms with van der Waals surface area (Å²) in [6, 6.07) is 6.14. The molecular formula is C21H29N5O2. The van der Waals surface area contributed by atoms with E-state index in [1.54, 1.807) is 6.33 Å². The summed E-state index contributed by atoms with van der Waals surface area (Å²) in [6.45, 7) is 8.52. The van der Waals surface area contributed by atoms with Crippen LogP contribution in [-0.4, -0.2) is 32.7 Å². The molecule has 0 radical (unpaired) electrons. The molecule has 7 heteroatoms. The molecule has 0 saturated heterocycles. The first-order valence-electron chi connectivity index (χ1n) is 10.0. The number of ether oxygens (including phenoxy) is 1. The standard InChI is InChI=1S/C21H29N5O2/c1-4-16-13-17(10-9-15(16)3)23-21-24-19-18(20(27)25-21)26(14-22-19)11-7-6-8-12-28-5-2/h9-10,13-14H,4-8,11-12H2,1-3H3,(H2,23,24,25,27). The van der Waals surface area contributed by atoms with Gasteiger partial charge in [-0.3, -0.25) is 9.78 Å². The Hall–Kier alpha value is -2.67. The molecular weight excluding hydrogens is 354 g/mol. The van der Waals surface area contributed by atoms with Crippen molar-refractivity contribution in [2.75, 3.05) is 18.5 Å². The van der Waals surface area contributed by atoms with E-state index in [9.17, 15) is 4.79 Å². The van der Waals surface area contributed by atoms with Crippen molar-refractivity contribution in [2.45, 2.75) is 53.0 Å². The fourth-order valence-electron chi connectivity index (χ4n) is 3.29. The Morgan fingerprint density at radius 3 is 2.86 bits per heavy atom. The lowest BCUT2D eigenvalue weighted by atomic mass is 10.1. The minimum atomic E-state index is -0.179. The van der Waals surface area contributed by atoms with Gasteiger partial charge >= 0.3 is 0 Å². The summed E-state index contributed by atoms with van der Waals surface area (Å²) in [5, 5.41) is 3.19. The van der Waals surface area contributed by atoms with Crippen molar-refractivity contribution in [3.63, 3.8) is 0 Å². The minimum absolute atomic E-state index is 0.179. The summed E-state index contributed by atoms with van der Waals surface area (Å²) in [7, 11) is 0. The number of rotatable bonds is 10. The van der Waals surface area contributed by atoms with Crippen molar-refractivity contribution in [1.29, 1.82) is 0 Å². The third-order valence-corrected chi connectivity index (χ3v) is 4.87. The molecule has 7 nitrogen and oxygen atoms in total. The molecule has 0 saturated carbocycles. The summed E-state index contributed by atoms with van der Waals surface area (Å²) >= 11 is 0. The Kier molecular flexibility index (Phi) is 6.81. The third-order valence-electron chi connectivity index (χ3n) is 4.87. The Balaban J connectivity index is 1.71. The van der Waals surface area contributed by atoms with Crippen LogP contribution in [0, 0.1) is 6.92 Å². The van der Waals surface area contributed by atoms with Crippen molar-refractivity contribution >= 4 is 22.8 Å². The molecule has 0 fully saturated rings. The topological polar surface area (TPSA) is 84.8 Å². The molecule has 1 aromatic carbocycles. The van der Waals surface area contributed by atoms with E-state index >= 15 is 0 Å². The molecule has 2 aromatic heterocycles. The Morgan fingerprint density at radius 1 is 1.21 bits per heavy atom. The predicted octanol–water partition coefficient (Wildman–Crippen LogP) is 3.94. The van der Waals surface area contributed by atoms with Gasteiger partial charge in [-0.2, -0.15) is 4.98 Å². The molecule has 2 heterocycles. The van der Waals surface area contributed by atoms with Crippen LogP contribution >= 0.6 is 0 Å². The SMILES string of the molecule is CCOCCCCCn1cnc2nc(Nc3ccc(C)c(CC)c3)[nH]c(=O)c21. The third kappa shape index (κ3) is 4.78. The van der Waals surface area contributed by atoms with Crippen molar-refractivity contribution in [3.05, 3.63) is 46.0 Å². The van der Waals surface area contributed by atoms with Gasteiger partial charge in [0.15, 0.2) is 11.2 Å². The van der Waals surface area contributed by atoms with Gasteiger partial charge in [0, 0.05) is 25.4 Å². The first-order valence-corrected chi connectivity index (χ1v) is 10.0. The van der Waals surface area contributed by atoms with Crippen LogP contribution in [0.4, 0.5) is 11.6 Å². The number of fused-ring (bicyclic) bond motifs is 1. The van der Waals surface area contributed by atoms with E-state index in [0.29, 0.717) is 17.1 Å². The van der Waals surface area contributed by atoms with E-state index in [4.69, 9.17) is 4.74 Å². The zero-order valence-electron chi connectivity index (χ0n) is 16.9. The lowest BCUT2D eigenvalue weighted by molar-refractivity contribution is 0.143. The zero-order chi connectivity index (χ0) is 19.9. The van der Waals surface area contributed by atoms with Gasteiger partial charge < -0.3 is 14.6 Å². The van der Waals surface area contributed by atoms with Crippen molar-refractivity contribution in [1.82, 2.24) is 19.5 Å². The molecule has 2 N–H and O–H groups in total. The quantitative estimate of drug-likeness (QED) is 0.518. The summed E-state index contributed by atoms with van der Waals surface area (Å²) in [6.07, 6.45) is 5.71. The number of H-pyrrole nitrogens is 1. The maximum Gasteiger partial charge on any atom is 0.278 e. The number of hydrogen-bond donors (Lipinski definition) is 2. The highest BCUT2D eigenvalue weighted by Gasteiger charge is 2.11. The van der Waals surface area contributed by atoms with Crippen LogP contribution in [0.2, 0.25) is 0 Å². The molecule has 0 bridgehead atoms. The Labute approximate surface area is 165 Å². The van der Waals surface area contributed by atoms with Gasteiger partial charge in [-0.05, 0) is 62.8 Å². The van der Waals surface area contributed by atoms with E-state index in [2.05, 4.69) is 46.2 Å². The molecule has 0 spiro atoms. The van der Waals surface area contributed by atoms with E-state index in [1.807, 2.05) is 17.6 Å². The Bertz CT molecular complexity index is 977. The molecule has 150 valence electrons. The monoisotopic (exact) mass is 383 g/mol. The molecule has 0 unspecified atom stereocenters. The van der Waals surface area contributed by atoms with Crippen molar-refractivity contribution < 1.29 is 4.74 Å². The number of anilines is 2. The van der Waals surface area contributed by atoms with Crippen LogP contribution < -0.4 is 10.9 Å². The van der Waals surface area contributed by atoms with Crippen molar-refractivity contribution in [2.24, 2.45) is 0 Å². The minimum Gasteiger partial charge on any atom is -0.382 e. The van der Waals surface area contributed by atoms with E-state index in [-0.39, 0.29) is 5.56 Å². The summed E-state index contributed by atoms with van der Waals surface area (Å²) in [4.78, 5) is 24.2. The van der Waals surface area contributed by atoms with E-state index in [1.165, 1.54) is 11.1 Å². The predicted molar refractivity (Wildman–Crippen MR) is 112 cm³/mol. The second-order valence-electron chi connectivity index (χ2n) is 6.90. The first kappa shape index (κ1) is 20.1. The van der Waals surface area contributed by atoms with Gasteiger partial charge in [0.1, 0.15) is 0 Å². The number of unbranched alkanes of at least 4 members (excludes halogenated alkanes) is 2. The van der Waals surface area contributed by atoms with Crippen LogP contribution in [0.15, 0.2) is 29.3 Å². The number of hydrogen-bond acceptors (Lipinski definition) is 5. The molecule has 3 aromatic rings. The number of aromatic nitrogens is 4. The number of benzene rings is 1. The molecule has 0 amide bonds. The lowest BCUT2D eigenvalue weighted by Crippen LogP contribution is -2.14. The molecule has 0 aliphatic carbocycles. The Morgan fingerprint density at radius 2 is 2.07 bits per heavy atom. The van der Waals surface area contributed by atoms with Gasteiger partial charge in [-0.25, -0.2) is 4.98 Å². The smallest absolute Gasteiger partial charge is 0.278 e. The number of nitrogens with one attached hydrogen (secondary N) is 2. The number of nitrogens with zero attached hydrogens (tertiary/aromatic N) is 3. The second-order valence-corrected chi connectivity index (χ2v) is 6.90. The fraction of sp³-hybridized carbons (Fsp3) is 0.476. The van der Waals surface area contributed by atoms with Crippen molar-refractivity contribution in [3.8, 4) is 0 Å². The highest BCUT2D eigenvalue weighted by Crippen LogP contribution is 2.19. The normalized spacial score (nSPS) is 11.2. The second kappa shape index (κ2) is 9.50. The van der Waals surface area contributed by atoms with E-state index in [0.717, 1.165) is 51.1 Å². The van der Waals surface area contributed by atoms with Gasteiger partial charge in [-0.1, -0.05) is 13.0 Å². The first-order chi connectivity index (χ1) is 13.6. The van der Waals surface area contributed by atoms with Crippen LogP contribution in [0.25, 0.3) is 11.2 Å².